The van der Waals surface area contributed by atoms with Crippen molar-refractivity contribution in [1.29, 1.82) is 0 Å². The van der Waals surface area contributed by atoms with Gasteiger partial charge in [0.25, 0.3) is 0 Å². The van der Waals surface area contributed by atoms with E-state index in [0.717, 1.165) is 11.1 Å². The Morgan fingerprint density at radius 1 is 1.20 bits per heavy atom. The number of amides is 2. The molecule has 2 rings (SSSR count). The van der Waals surface area contributed by atoms with Crippen molar-refractivity contribution in [2.45, 2.75) is 26.4 Å². The van der Waals surface area contributed by atoms with Crippen molar-refractivity contribution in [3.05, 3.63) is 65.5 Å². The Kier molecular flexibility index (Phi) is 4.71. The number of aryl methyl sites for hydroxylation is 1. The van der Waals surface area contributed by atoms with Gasteiger partial charge in [-0.2, -0.15) is 0 Å². The van der Waals surface area contributed by atoms with E-state index in [-0.39, 0.29) is 12.1 Å². The van der Waals surface area contributed by atoms with Gasteiger partial charge in [0, 0.05) is 18.9 Å². The molecule has 1 heterocycles. The Bertz CT molecular complexity index is 569. The lowest BCUT2D eigenvalue weighted by Crippen LogP contribution is -2.36. The van der Waals surface area contributed by atoms with E-state index in [4.69, 9.17) is 0 Å². The zero-order chi connectivity index (χ0) is 14.4. The standard InChI is InChI=1S/C16H19N3O/c1-12-5-3-4-6-15(12)11-18-16(20)19-13(2)14-7-9-17-10-8-14/h3-10,13H,11H2,1-2H3,(H2,18,19,20)/t13-/m1/s1. The highest BCUT2D eigenvalue weighted by Crippen LogP contribution is 2.10. The number of hydrogen-bond donors (Lipinski definition) is 2. The number of nitrogens with one attached hydrogen (secondary N) is 2. The Morgan fingerprint density at radius 2 is 1.90 bits per heavy atom. The fourth-order valence-corrected chi connectivity index (χ4v) is 1.97. The van der Waals surface area contributed by atoms with E-state index in [1.165, 1.54) is 5.56 Å². The van der Waals surface area contributed by atoms with E-state index >= 15 is 0 Å². The molecule has 0 radical (unpaired) electrons. The fraction of sp³-hybridized carbons (Fsp3) is 0.250. The molecular weight excluding hydrogens is 250 g/mol. The van der Waals surface area contributed by atoms with Gasteiger partial charge in [0.1, 0.15) is 0 Å². The Morgan fingerprint density at radius 3 is 2.60 bits per heavy atom. The maximum absolute atomic E-state index is 11.9. The average Bonchev–Trinajstić information content (AvgIpc) is 2.47. The Hall–Kier alpha value is -2.36. The summed E-state index contributed by atoms with van der Waals surface area (Å²) in [5, 5.41) is 5.78. The summed E-state index contributed by atoms with van der Waals surface area (Å²) in [6.07, 6.45) is 3.44. The van der Waals surface area contributed by atoms with Gasteiger partial charge in [-0.25, -0.2) is 4.79 Å². The van der Waals surface area contributed by atoms with Crippen molar-refractivity contribution in [3.8, 4) is 0 Å². The van der Waals surface area contributed by atoms with Crippen LogP contribution in [0.3, 0.4) is 0 Å². The lowest BCUT2D eigenvalue weighted by molar-refractivity contribution is 0.237. The van der Waals surface area contributed by atoms with Crippen molar-refractivity contribution in [2.24, 2.45) is 0 Å². The van der Waals surface area contributed by atoms with Gasteiger partial charge < -0.3 is 10.6 Å². The van der Waals surface area contributed by atoms with E-state index in [9.17, 15) is 4.79 Å². The average molecular weight is 269 g/mol. The Labute approximate surface area is 119 Å². The van der Waals surface area contributed by atoms with Crippen molar-refractivity contribution in [3.63, 3.8) is 0 Å². The zero-order valence-corrected chi connectivity index (χ0v) is 11.8. The molecule has 0 aliphatic rings. The topological polar surface area (TPSA) is 54.0 Å². The van der Waals surface area contributed by atoms with Crippen LogP contribution in [0.5, 0.6) is 0 Å². The molecule has 2 amide bonds. The van der Waals surface area contributed by atoms with Crippen LogP contribution in [0.25, 0.3) is 0 Å². The summed E-state index contributed by atoms with van der Waals surface area (Å²) in [6.45, 7) is 4.51. The fourth-order valence-electron chi connectivity index (χ4n) is 1.97. The molecule has 0 aliphatic heterocycles. The molecule has 0 bridgehead atoms. The van der Waals surface area contributed by atoms with Crippen molar-refractivity contribution in [1.82, 2.24) is 15.6 Å². The molecule has 104 valence electrons. The molecule has 0 aliphatic carbocycles. The number of aromatic nitrogens is 1. The van der Waals surface area contributed by atoms with Gasteiger partial charge in [0.05, 0.1) is 6.04 Å². The van der Waals surface area contributed by atoms with Crippen LogP contribution < -0.4 is 10.6 Å². The normalized spacial score (nSPS) is 11.7. The maximum atomic E-state index is 11.9. The van der Waals surface area contributed by atoms with Crippen LogP contribution in [0.1, 0.15) is 29.7 Å². The largest absolute Gasteiger partial charge is 0.334 e. The van der Waals surface area contributed by atoms with Crippen molar-refractivity contribution < 1.29 is 4.79 Å². The highest BCUT2D eigenvalue weighted by Gasteiger charge is 2.08. The monoisotopic (exact) mass is 269 g/mol. The minimum atomic E-state index is -0.169. The van der Waals surface area contributed by atoms with Gasteiger partial charge in [-0.3, -0.25) is 4.98 Å². The molecule has 0 spiro atoms. The molecular formula is C16H19N3O. The predicted molar refractivity (Wildman–Crippen MR) is 79.2 cm³/mol. The molecule has 20 heavy (non-hydrogen) atoms. The van der Waals surface area contributed by atoms with Gasteiger partial charge >= 0.3 is 6.03 Å². The number of nitrogens with zero attached hydrogens (tertiary/aromatic N) is 1. The molecule has 1 aromatic heterocycles. The van der Waals surface area contributed by atoms with E-state index in [1.54, 1.807) is 12.4 Å². The number of rotatable bonds is 4. The zero-order valence-electron chi connectivity index (χ0n) is 11.8. The van der Waals surface area contributed by atoms with Crippen LogP contribution in [-0.2, 0) is 6.54 Å². The molecule has 2 aromatic rings. The molecule has 0 saturated carbocycles. The summed E-state index contributed by atoms with van der Waals surface area (Å²) in [7, 11) is 0. The lowest BCUT2D eigenvalue weighted by Gasteiger charge is -2.15. The quantitative estimate of drug-likeness (QED) is 0.896. The maximum Gasteiger partial charge on any atom is 0.315 e. The molecule has 0 saturated heterocycles. The second kappa shape index (κ2) is 6.70. The lowest BCUT2D eigenvalue weighted by atomic mass is 10.1. The molecule has 2 N–H and O–H groups in total. The third-order valence-electron chi connectivity index (χ3n) is 3.25. The minimum absolute atomic E-state index is 0.0464. The number of carbonyl (C=O) groups is 1. The van der Waals surface area contributed by atoms with Crippen LogP contribution in [0, 0.1) is 6.92 Å². The molecule has 0 unspecified atom stereocenters. The highest BCUT2D eigenvalue weighted by atomic mass is 16.2. The first-order chi connectivity index (χ1) is 9.66. The number of hydrogen-bond acceptors (Lipinski definition) is 2. The number of pyridine rings is 1. The summed E-state index contributed by atoms with van der Waals surface area (Å²) in [6, 6.07) is 11.6. The highest BCUT2D eigenvalue weighted by molar-refractivity contribution is 5.74. The van der Waals surface area contributed by atoms with Gasteiger partial charge in [-0.1, -0.05) is 24.3 Å². The van der Waals surface area contributed by atoms with Gasteiger partial charge in [0.15, 0.2) is 0 Å². The van der Waals surface area contributed by atoms with Crippen LogP contribution in [0.4, 0.5) is 4.79 Å². The van der Waals surface area contributed by atoms with Crippen LogP contribution in [0.2, 0.25) is 0 Å². The van der Waals surface area contributed by atoms with Crippen LogP contribution in [-0.4, -0.2) is 11.0 Å². The molecule has 1 atom stereocenters. The van der Waals surface area contributed by atoms with Crippen molar-refractivity contribution in [2.75, 3.05) is 0 Å². The third-order valence-corrected chi connectivity index (χ3v) is 3.25. The predicted octanol–water partition coefficient (Wildman–Crippen LogP) is 2.95. The van der Waals surface area contributed by atoms with E-state index in [1.807, 2.05) is 50.2 Å². The van der Waals surface area contributed by atoms with E-state index in [0.29, 0.717) is 6.54 Å². The first kappa shape index (κ1) is 14.1. The first-order valence-electron chi connectivity index (χ1n) is 6.65. The Balaban J connectivity index is 1.86. The summed E-state index contributed by atoms with van der Waals surface area (Å²) in [4.78, 5) is 15.8. The van der Waals surface area contributed by atoms with Gasteiger partial charge in [0.2, 0.25) is 0 Å². The molecule has 0 fully saturated rings. The summed E-state index contributed by atoms with van der Waals surface area (Å²) >= 11 is 0. The smallest absolute Gasteiger partial charge is 0.315 e. The number of urea groups is 1. The molecule has 4 nitrogen and oxygen atoms in total. The number of carbonyl (C=O) groups excluding carboxylic acids is 1. The minimum Gasteiger partial charge on any atom is -0.334 e. The second-order valence-electron chi connectivity index (χ2n) is 4.76. The molecule has 1 aromatic carbocycles. The third kappa shape index (κ3) is 3.82. The van der Waals surface area contributed by atoms with E-state index < -0.39 is 0 Å². The first-order valence-corrected chi connectivity index (χ1v) is 6.65. The van der Waals surface area contributed by atoms with Crippen LogP contribution >= 0.6 is 0 Å². The second-order valence-corrected chi connectivity index (χ2v) is 4.76. The SMILES string of the molecule is Cc1ccccc1CNC(=O)N[C@H](C)c1ccncc1. The van der Waals surface area contributed by atoms with Gasteiger partial charge in [-0.05, 0) is 42.7 Å². The molecule has 4 heteroatoms. The van der Waals surface area contributed by atoms with Crippen LogP contribution in [0.15, 0.2) is 48.8 Å². The van der Waals surface area contributed by atoms with Crippen molar-refractivity contribution >= 4 is 6.03 Å². The van der Waals surface area contributed by atoms with Gasteiger partial charge in [-0.15, -0.1) is 0 Å². The number of benzene rings is 1. The van der Waals surface area contributed by atoms with E-state index in [2.05, 4.69) is 15.6 Å². The summed E-state index contributed by atoms with van der Waals surface area (Å²) in [5.74, 6) is 0. The summed E-state index contributed by atoms with van der Waals surface area (Å²) in [5.41, 5.74) is 3.33. The summed E-state index contributed by atoms with van der Waals surface area (Å²) < 4.78 is 0.